The van der Waals surface area contributed by atoms with Crippen molar-refractivity contribution in [2.75, 3.05) is 34.4 Å². The van der Waals surface area contributed by atoms with Gasteiger partial charge in [-0.3, -0.25) is 13.6 Å². The van der Waals surface area contributed by atoms with Crippen LogP contribution in [0.25, 0.3) is 16.7 Å². The number of nitrogens with two attached hydrogens (primary N) is 6. The fourth-order valence-electron chi connectivity index (χ4n) is 11.1. The molecule has 12 N–H and O–H groups in total. The summed E-state index contributed by atoms with van der Waals surface area (Å²) in [5.74, 6) is 0. The van der Waals surface area contributed by atoms with Gasteiger partial charge in [-0.2, -0.15) is 0 Å². The van der Waals surface area contributed by atoms with E-state index >= 15 is 4.57 Å². The highest BCUT2D eigenvalue weighted by Crippen LogP contribution is 2.64. The van der Waals surface area contributed by atoms with Gasteiger partial charge in [-0.05, 0) is 181 Å². The van der Waals surface area contributed by atoms with Crippen LogP contribution in [0.4, 0.5) is 34.1 Å². The van der Waals surface area contributed by atoms with Crippen LogP contribution in [0.3, 0.4) is 0 Å². The minimum Gasteiger partial charge on any atom is -0.399 e. The predicted molar refractivity (Wildman–Crippen MR) is 295 cm³/mol. The van der Waals surface area contributed by atoms with E-state index in [-0.39, 0.29) is 0 Å². The Morgan fingerprint density at radius 1 is 0.366 bits per heavy atom. The summed E-state index contributed by atoms with van der Waals surface area (Å²) in [7, 11) is -4.93. The fraction of sp³-hybridized carbons (Fsp3) is 0.200. The van der Waals surface area contributed by atoms with Crippen LogP contribution in [0, 0.1) is 0 Å². The summed E-state index contributed by atoms with van der Waals surface area (Å²) in [4.78, 5) is 0. The molecule has 0 heterocycles. The fourth-order valence-corrected chi connectivity index (χ4v) is 13.1. The summed E-state index contributed by atoms with van der Waals surface area (Å²) in [6.45, 7) is 12.1. The van der Waals surface area contributed by atoms with Crippen molar-refractivity contribution in [2.24, 2.45) is 0 Å². The van der Waals surface area contributed by atoms with Gasteiger partial charge < -0.3 is 34.4 Å². The molecule has 9 rings (SSSR count). The lowest BCUT2D eigenvalue weighted by atomic mass is 9.65. The van der Waals surface area contributed by atoms with E-state index in [1.807, 2.05) is 185 Å². The molecule has 10 nitrogen and oxygen atoms in total. The van der Waals surface area contributed by atoms with Crippen molar-refractivity contribution >= 4 is 58.7 Å². The first-order valence-electron chi connectivity index (χ1n) is 23.8. The first-order valence-corrected chi connectivity index (χ1v) is 25.3. The number of allylic oxidation sites excluding steroid dienone is 6. The molecule has 6 aromatic carbocycles. The number of nitrogen functional groups attached to an aromatic ring is 6. The Morgan fingerprint density at radius 2 is 0.606 bits per heavy atom. The Hall–Kier alpha value is -7.33. The number of benzene rings is 6. The van der Waals surface area contributed by atoms with Gasteiger partial charge in [-0.25, -0.2) is 4.57 Å². The molecule has 0 spiro atoms. The first kappa shape index (κ1) is 48.7. The van der Waals surface area contributed by atoms with Crippen LogP contribution in [0.2, 0.25) is 0 Å². The lowest BCUT2D eigenvalue weighted by Crippen LogP contribution is -2.46. The van der Waals surface area contributed by atoms with Gasteiger partial charge in [0.1, 0.15) is 18.3 Å². The number of hydrogen-bond acceptors (Lipinski definition) is 10. The predicted octanol–water partition coefficient (Wildman–Crippen LogP) is 12.7. The van der Waals surface area contributed by atoms with Crippen molar-refractivity contribution in [1.29, 1.82) is 0 Å². The van der Waals surface area contributed by atoms with Crippen LogP contribution < -0.4 is 34.4 Å². The average Bonchev–Trinajstić information content (AvgIpc) is 3.33. The Kier molecular flexibility index (Phi) is 12.9. The molecule has 0 fully saturated rings. The second kappa shape index (κ2) is 18.8. The molecule has 362 valence electrons. The van der Waals surface area contributed by atoms with E-state index in [4.69, 9.17) is 48.0 Å². The largest absolute Gasteiger partial charge is 0.476 e. The lowest BCUT2D eigenvalue weighted by molar-refractivity contribution is 0.0202. The van der Waals surface area contributed by atoms with Crippen LogP contribution in [0.15, 0.2) is 199 Å². The van der Waals surface area contributed by atoms with Crippen molar-refractivity contribution in [3.63, 3.8) is 0 Å². The third-order valence-corrected chi connectivity index (χ3v) is 16.2. The number of rotatable bonds is 12. The number of phosphoric acid groups is 1. The second-order valence-corrected chi connectivity index (χ2v) is 21.3. The minimum absolute atomic E-state index is 0.556. The maximum atomic E-state index is 17.4. The van der Waals surface area contributed by atoms with E-state index in [1.54, 1.807) is 0 Å². The number of anilines is 6. The molecule has 0 saturated carbocycles. The maximum absolute atomic E-state index is 17.4. The van der Waals surface area contributed by atoms with Gasteiger partial charge >= 0.3 is 7.82 Å². The Balaban J connectivity index is 1.28. The molecule has 0 bridgehead atoms. The van der Waals surface area contributed by atoms with E-state index in [9.17, 15) is 0 Å². The molecule has 71 heavy (non-hydrogen) atoms. The van der Waals surface area contributed by atoms with E-state index in [0.717, 1.165) is 66.8 Å². The van der Waals surface area contributed by atoms with Gasteiger partial charge in [-0.15, -0.1) is 0 Å². The Bertz CT molecular complexity index is 2970. The van der Waals surface area contributed by atoms with Crippen LogP contribution in [0.5, 0.6) is 0 Å². The summed E-state index contributed by atoms with van der Waals surface area (Å²) >= 11 is 0. The molecule has 0 amide bonds. The van der Waals surface area contributed by atoms with E-state index < -0.39 is 42.4 Å². The Morgan fingerprint density at radius 3 is 0.845 bits per heavy atom. The summed E-state index contributed by atoms with van der Waals surface area (Å²) < 4.78 is 39.7. The van der Waals surface area contributed by atoms with Crippen LogP contribution in [0.1, 0.15) is 74.9 Å². The number of phosphoric ester groups is 1. The van der Waals surface area contributed by atoms with Crippen molar-refractivity contribution in [1.82, 2.24) is 0 Å². The zero-order valence-corrected chi connectivity index (χ0v) is 42.0. The molecule has 6 unspecified atom stereocenters. The third-order valence-electron chi connectivity index (χ3n) is 14.8. The molecular formula is C60H63N6O4P. The van der Waals surface area contributed by atoms with Crippen molar-refractivity contribution < 1.29 is 18.1 Å². The maximum Gasteiger partial charge on any atom is 0.476 e. The highest BCUT2D eigenvalue weighted by atomic mass is 31.2. The first-order chi connectivity index (χ1) is 33.8. The summed E-state index contributed by atoms with van der Waals surface area (Å²) in [6, 6.07) is 46.3. The summed E-state index contributed by atoms with van der Waals surface area (Å²) in [5, 5.41) is 0. The van der Waals surface area contributed by atoms with Gasteiger partial charge in [0.25, 0.3) is 0 Å². The van der Waals surface area contributed by atoms with Crippen molar-refractivity contribution in [3.8, 4) is 0 Å². The smallest absolute Gasteiger partial charge is 0.399 e. The quantitative estimate of drug-likeness (QED) is 0.0506. The molecule has 6 atom stereocenters. The molecule has 6 aromatic rings. The van der Waals surface area contributed by atoms with Crippen molar-refractivity contribution in [3.05, 3.63) is 232 Å². The topological polar surface area (TPSA) is 201 Å². The molecular weight excluding hydrogens is 900 g/mol. The molecule has 11 heteroatoms. The van der Waals surface area contributed by atoms with Crippen molar-refractivity contribution in [2.45, 2.75) is 76.1 Å². The molecule has 3 aliphatic carbocycles. The lowest BCUT2D eigenvalue weighted by Gasteiger charge is -2.48. The summed E-state index contributed by atoms with van der Waals surface area (Å²) in [6.07, 6.45) is 9.33. The average molecular weight is 963 g/mol. The molecule has 0 saturated heterocycles. The zero-order chi connectivity index (χ0) is 50.5. The van der Waals surface area contributed by atoms with Crippen LogP contribution in [-0.4, -0.2) is 18.3 Å². The van der Waals surface area contributed by atoms with Gasteiger partial charge in [0.2, 0.25) is 0 Å². The molecule has 0 radical (unpaired) electrons. The Labute approximate surface area is 417 Å². The SMILES string of the molecule is CC1=CC=C(c2cccc(N)c2)C(C)(c2cccc(N)c2)C1OP(=O)(OC1C(C)=CC=C(c2cccc(N)c2)C1(C)c1cccc(N)c1)OC1C(C)=CC=C(c2cccc(N)c2)C1(C)c1cccc(N)c1. The highest BCUT2D eigenvalue weighted by Gasteiger charge is 2.55. The highest BCUT2D eigenvalue weighted by molar-refractivity contribution is 7.48. The minimum atomic E-state index is -4.93. The third kappa shape index (κ3) is 8.94. The van der Waals surface area contributed by atoms with Crippen LogP contribution in [-0.2, 0) is 34.4 Å². The monoisotopic (exact) mass is 962 g/mol. The van der Waals surface area contributed by atoms with E-state index in [1.165, 1.54) is 0 Å². The zero-order valence-electron chi connectivity index (χ0n) is 41.1. The van der Waals surface area contributed by atoms with Gasteiger partial charge in [0, 0.05) is 50.4 Å². The van der Waals surface area contributed by atoms with Gasteiger partial charge in [0.15, 0.2) is 0 Å². The molecule has 0 aliphatic heterocycles. The van der Waals surface area contributed by atoms with Gasteiger partial charge in [0.05, 0.1) is 0 Å². The van der Waals surface area contributed by atoms with E-state index in [0.29, 0.717) is 34.1 Å². The molecule has 0 aromatic heterocycles. The van der Waals surface area contributed by atoms with Crippen LogP contribution >= 0.6 is 7.82 Å². The summed E-state index contributed by atoms with van der Waals surface area (Å²) in [5.41, 5.74) is 49.5. The second-order valence-electron chi connectivity index (χ2n) is 19.7. The number of hydrogen-bond donors (Lipinski definition) is 6. The standard InChI is InChI=1S/C60H63N6O4P/c1-37-25-28-52(40-13-7-19-46(61)31-40)58(4,43-16-10-22-49(64)34-43)55(37)68-71(67,69-56-38(2)26-29-53(41-14-8-20-47(62)32-41)59(56,5)44-17-11-23-50(65)35-44)70-57-39(3)27-30-54(42-15-9-21-48(63)33-42)60(57,6)45-18-12-24-51(66)36-45/h7-36,55-57H,61-66H2,1-6H3. The molecule has 3 aliphatic rings. The normalized spacial score (nSPS) is 25.1. The van der Waals surface area contributed by atoms with E-state index in [2.05, 4.69) is 39.0 Å². The van der Waals surface area contributed by atoms with Gasteiger partial charge in [-0.1, -0.05) is 109 Å².